The lowest BCUT2D eigenvalue weighted by Gasteiger charge is -2.36. The second-order valence-corrected chi connectivity index (χ2v) is 11.7. The number of aromatic nitrogens is 2. The number of aryl methyl sites for hydroxylation is 1. The fourth-order valence-electron chi connectivity index (χ4n) is 1.47. The molecule has 0 saturated heterocycles. The first kappa shape index (κ1) is 18.4. The summed E-state index contributed by atoms with van der Waals surface area (Å²) in [6.45, 7) is 12.9. The molecule has 1 heterocycles. The number of rotatable bonds is 6. The molecule has 0 atom stereocenters. The number of hydrogen-bond donors (Lipinski definition) is 0. The molecule has 0 spiro atoms. The smallest absolute Gasteiger partial charge is 0.252 e. The lowest BCUT2D eigenvalue weighted by molar-refractivity contribution is -0.426. The molecule has 1 aromatic rings. The van der Waals surface area contributed by atoms with E-state index in [-0.39, 0.29) is 17.2 Å². The normalized spacial score (nSPS) is 13.3. The van der Waals surface area contributed by atoms with Crippen LogP contribution in [0.3, 0.4) is 0 Å². The maximum Gasteiger partial charge on any atom is 0.252 e. The largest absolute Gasteiger partial charge is 0.416 e. The highest BCUT2D eigenvalue weighted by Gasteiger charge is 2.37. The Bertz CT molecular complexity index is 548. The van der Waals surface area contributed by atoms with Gasteiger partial charge in [0.2, 0.25) is 0 Å². The number of nitro groups is 1. The second kappa shape index (κ2) is 7.10. The van der Waals surface area contributed by atoms with Crippen molar-refractivity contribution in [1.29, 1.82) is 0 Å². The van der Waals surface area contributed by atoms with Crippen LogP contribution in [0.15, 0.2) is 18.1 Å². The minimum absolute atomic E-state index is 0.0718. The molecule has 0 amide bonds. The summed E-state index contributed by atoms with van der Waals surface area (Å²) in [5.41, 5.74) is 0.989. The van der Waals surface area contributed by atoms with Gasteiger partial charge in [0, 0.05) is 19.0 Å². The van der Waals surface area contributed by atoms with Gasteiger partial charge in [0.25, 0.3) is 5.70 Å². The SMILES string of the molecule is Cc1cnc(/C=C(\CCO[Si](C)(C)C(C)(C)C)[N+](=O)[O-])nc1. The van der Waals surface area contributed by atoms with Crippen molar-refractivity contribution in [3.05, 3.63) is 39.6 Å². The van der Waals surface area contributed by atoms with Crippen LogP contribution in [0.2, 0.25) is 18.1 Å². The average Bonchev–Trinajstić information content (AvgIpc) is 2.38. The maximum atomic E-state index is 11.2. The molecule has 0 aliphatic carbocycles. The van der Waals surface area contributed by atoms with Gasteiger partial charge in [-0.2, -0.15) is 0 Å². The van der Waals surface area contributed by atoms with Crippen LogP contribution >= 0.6 is 0 Å². The molecule has 122 valence electrons. The van der Waals surface area contributed by atoms with Crippen molar-refractivity contribution in [2.75, 3.05) is 6.61 Å². The van der Waals surface area contributed by atoms with E-state index in [1.165, 1.54) is 6.08 Å². The second-order valence-electron chi connectivity index (χ2n) is 6.87. The molecule has 0 N–H and O–H groups in total. The van der Waals surface area contributed by atoms with Crippen LogP contribution < -0.4 is 0 Å². The molecule has 1 rings (SSSR count). The third kappa shape index (κ3) is 5.30. The standard InChI is InChI=1S/C15H25N3O3Si/c1-12-10-16-14(17-11-12)9-13(18(19)20)7-8-21-22(5,6)15(2,3)4/h9-11H,7-8H2,1-6H3/b13-9+. The first-order valence-electron chi connectivity index (χ1n) is 7.30. The van der Waals surface area contributed by atoms with Gasteiger partial charge in [-0.25, -0.2) is 9.97 Å². The van der Waals surface area contributed by atoms with E-state index in [1.807, 2.05) is 6.92 Å². The lowest BCUT2D eigenvalue weighted by Crippen LogP contribution is -2.41. The Morgan fingerprint density at radius 3 is 2.36 bits per heavy atom. The zero-order valence-corrected chi connectivity index (χ0v) is 15.2. The molecular formula is C15H25N3O3Si. The summed E-state index contributed by atoms with van der Waals surface area (Å²) in [5.74, 6) is 0.352. The highest BCUT2D eigenvalue weighted by atomic mass is 28.4. The van der Waals surface area contributed by atoms with Crippen molar-refractivity contribution in [3.63, 3.8) is 0 Å². The topological polar surface area (TPSA) is 78.2 Å². The minimum atomic E-state index is -1.89. The van der Waals surface area contributed by atoms with Gasteiger partial charge < -0.3 is 4.43 Å². The molecule has 0 aromatic carbocycles. The minimum Gasteiger partial charge on any atom is -0.416 e. The van der Waals surface area contributed by atoms with Crippen molar-refractivity contribution in [2.45, 2.75) is 52.2 Å². The predicted molar refractivity (Wildman–Crippen MR) is 89.5 cm³/mol. The summed E-state index contributed by atoms with van der Waals surface area (Å²) in [5, 5.41) is 11.2. The highest BCUT2D eigenvalue weighted by molar-refractivity contribution is 6.74. The monoisotopic (exact) mass is 323 g/mol. The molecule has 0 fully saturated rings. The third-order valence-electron chi connectivity index (χ3n) is 3.96. The van der Waals surface area contributed by atoms with Gasteiger partial charge in [0.15, 0.2) is 14.1 Å². The summed E-state index contributed by atoms with van der Waals surface area (Å²) in [7, 11) is -1.89. The maximum absolute atomic E-state index is 11.2. The van der Waals surface area contributed by atoms with E-state index in [2.05, 4.69) is 43.8 Å². The molecule has 0 radical (unpaired) electrons. The zero-order valence-electron chi connectivity index (χ0n) is 14.2. The molecule has 22 heavy (non-hydrogen) atoms. The van der Waals surface area contributed by atoms with E-state index in [0.29, 0.717) is 12.4 Å². The Morgan fingerprint density at radius 1 is 1.36 bits per heavy atom. The average molecular weight is 323 g/mol. The molecule has 0 saturated carbocycles. The first-order chi connectivity index (χ1) is 10.0. The Morgan fingerprint density at radius 2 is 1.91 bits per heavy atom. The molecule has 6 nitrogen and oxygen atoms in total. The fraction of sp³-hybridized carbons (Fsp3) is 0.600. The van der Waals surface area contributed by atoms with Gasteiger partial charge in [0.05, 0.1) is 17.4 Å². The van der Waals surface area contributed by atoms with E-state index >= 15 is 0 Å². The summed E-state index contributed by atoms with van der Waals surface area (Å²) >= 11 is 0. The Balaban J connectivity index is 2.74. The van der Waals surface area contributed by atoms with Gasteiger partial charge in [-0.05, 0) is 30.6 Å². The summed E-state index contributed by atoms with van der Waals surface area (Å²) in [6.07, 6.45) is 4.94. The van der Waals surface area contributed by atoms with Gasteiger partial charge >= 0.3 is 0 Å². The quantitative estimate of drug-likeness (QED) is 0.452. The van der Waals surface area contributed by atoms with E-state index in [1.54, 1.807) is 12.4 Å². The van der Waals surface area contributed by atoms with Gasteiger partial charge in [-0.15, -0.1) is 0 Å². The summed E-state index contributed by atoms with van der Waals surface area (Å²) in [6, 6.07) is 0. The van der Waals surface area contributed by atoms with Gasteiger partial charge in [-0.3, -0.25) is 10.1 Å². The van der Waals surface area contributed by atoms with Crippen molar-refractivity contribution in [3.8, 4) is 0 Å². The Kier molecular flexibility index (Phi) is 5.96. The van der Waals surface area contributed by atoms with Crippen LogP contribution in [-0.4, -0.2) is 29.8 Å². The number of nitrogens with zero attached hydrogens (tertiary/aromatic N) is 3. The molecular weight excluding hydrogens is 298 g/mol. The molecule has 0 aliphatic heterocycles. The Hall–Kier alpha value is -1.60. The molecule has 0 unspecified atom stereocenters. The van der Waals surface area contributed by atoms with Crippen molar-refractivity contribution < 1.29 is 9.35 Å². The van der Waals surface area contributed by atoms with E-state index < -0.39 is 13.2 Å². The van der Waals surface area contributed by atoms with Crippen LogP contribution in [0.4, 0.5) is 0 Å². The van der Waals surface area contributed by atoms with Crippen LogP contribution in [0, 0.1) is 17.0 Å². The Labute approximate surface area is 132 Å². The van der Waals surface area contributed by atoms with Crippen LogP contribution in [0.25, 0.3) is 6.08 Å². The van der Waals surface area contributed by atoms with Crippen LogP contribution in [0.5, 0.6) is 0 Å². The molecule has 1 aromatic heterocycles. The third-order valence-corrected chi connectivity index (χ3v) is 8.50. The van der Waals surface area contributed by atoms with Crippen molar-refractivity contribution in [1.82, 2.24) is 9.97 Å². The van der Waals surface area contributed by atoms with Crippen molar-refractivity contribution in [2.24, 2.45) is 0 Å². The van der Waals surface area contributed by atoms with E-state index in [0.717, 1.165) is 5.56 Å². The first-order valence-corrected chi connectivity index (χ1v) is 10.2. The van der Waals surface area contributed by atoms with Crippen molar-refractivity contribution >= 4 is 14.4 Å². The molecule has 0 bridgehead atoms. The van der Waals surface area contributed by atoms with Gasteiger partial charge in [0.1, 0.15) is 0 Å². The fourth-order valence-corrected chi connectivity index (χ4v) is 2.51. The van der Waals surface area contributed by atoms with Gasteiger partial charge in [-0.1, -0.05) is 20.8 Å². The molecule has 0 aliphatic rings. The van der Waals surface area contributed by atoms with E-state index in [4.69, 9.17) is 4.43 Å². The summed E-state index contributed by atoms with van der Waals surface area (Å²) in [4.78, 5) is 18.9. The zero-order chi connectivity index (χ0) is 17.0. The lowest BCUT2D eigenvalue weighted by atomic mass is 10.2. The number of hydrogen-bond acceptors (Lipinski definition) is 5. The summed E-state index contributed by atoms with van der Waals surface area (Å²) < 4.78 is 5.98. The molecule has 7 heteroatoms. The van der Waals surface area contributed by atoms with Crippen LogP contribution in [-0.2, 0) is 4.43 Å². The van der Waals surface area contributed by atoms with Crippen LogP contribution in [0.1, 0.15) is 38.6 Å². The van der Waals surface area contributed by atoms with E-state index in [9.17, 15) is 10.1 Å². The predicted octanol–water partition coefficient (Wildman–Crippen LogP) is 3.81. The highest BCUT2D eigenvalue weighted by Crippen LogP contribution is 2.36.